The monoisotopic (exact) mass is 250 g/mol. The number of nitrogens with two attached hydrogens (primary N) is 1. The quantitative estimate of drug-likeness (QED) is 0.800. The van der Waals surface area contributed by atoms with Crippen LogP contribution in [0.5, 0.6) is 0 Å². The highest BCUT2D eigenvalue weighted by molar-refractivity contribution is 6.02. The van der Waals surface area contributed by atoms with E-state index >= 15 is 0 Å². The molecule has 0 aliphatic rings. The Hall–Kier alpha value is -2.04. The van der Waals surface area contributed by atoms with Crippen LogP contribution in [-0.2, 0) is 4.79 Å². The number of nitrogens with zero attached hydrogens (tertiary/aromatic N) is 1. The van der Waals surface area contributed by atoms with E-state index < -0.39 is 5.97 Å². The van der Waals surface area contributed by atoms with Crippen LogP contribution in [0.1, 0.15) is 30.6 Å². The second-order valence-electron chi connectivity index (χ2n) is 4.63. The molecule has 3 N–H and O–H groups in total. The van der Waals surface area contributed by atoms with E-state index in [1.54, 1.807) is 19.2 Å². The van der Waals surface area contributed by atoms with Gasteiger partial charge >= 0.3 is 5.97 Å². The molecule has 1 aromatic rings. The number of aromatic carboxylic acids is 1. The average molecular weight is 250 g/mol. The number of carbonyl (C=O) groups excluding carboxylic acids is 1. The molecule has 0 bridgehead atoms. The van der Waals surface area contributed by atoms with Gasteiger partial charge in [0, 0.05) is 19.2 Å². The molecule has 0 spiro atoms. The van der Waals surface area contributed by atoms with Gasteiger partial charge in [0.1, 0.15) is 0 Å². The predicted molar refractivity (Wildman–Crippen MR) is 70.7 cm³/mol. The molecule has 0 saturated carbocycles. The maximum Gasteiger partial charge on any atom is 0.337 e. The predicted octanol–water partition coefficient (Wildman–Crippen LogP) is 1.98. The SMILES string of the molecule is CC(C)CC(=O)N(C)c1ccc(N)cc1C(=O)O. The number of hydrogen-bond acceptors (Lipinski definition) is 3. The Morgan fingerprint density at radius 2 is 2.00 bits per heavy atom. The normalized spacial score (nSPS) is 10.4. The average Bonchev–Trinajstić information content (AvgIpc) is 2.26. The van der Waals surface area contributed by atoms with Crippen molar-refractivity contribution in [1.82, 2.24) is 0 Å². The fourth-order valence-corrected chi connectivity index (χ4v) is 1.64. The van der Waals surface area contributed by atoms with Gasteiger partial charge in [0.05, 0.1) is 11.3 Å². The number of carboxylic acids is 1. The van der Waals surface area contributed by atoms with E-state index in [1.165, 1.54) is 11.0 Å². The fourth-order valence-electron chi connectivity index (χ4n) is 1.64. The minimum Gasteiger partial charge on any atom is -0.478 e. The lowest BCUT2D eigenvalue weighted by Crippen LogP contribution is -2.28. The van der Waals surface area contributed by atoms with Crippen molar-refractivity contribution >= 4 is 23.3 Å². The Morgan fingerprint density at radius 3 is 2.50 bits per heavy atom. The zero-order valence-corrected chi connectivity index (χ0v) is 10.8. The van der Waals surface area contributed by atoms with E-state index in [0.717, 1.165) is 0 Å². The number of carboxylic acid groups (broad SMARTS) is 1. The first-order chi connectivity index (χ1) is 8.32. The summed E-state index contributed by atoms with van der Waals surface area (Å²) in [5, 5.41) is 9.11. The summed E-state index contributed by atoms with van der Waals surface area (Å²) < 4.78 is 0. The number of benzene rings is 1. The molecule has 0 fully saturated rings. The van der Waals surface area contributed by atoms with E-state index in [-0.39, 0.29) is 17.4 Å². The van der Waals surface area contributed by atoms with Crippen molar-refractivity contribution in [3.8, 4) is 0 Å². The Balaban J connectivity index is 3.09. The minimum atomic E-state index is -1.10. The molecule has 0 atom stereocenters. The van der Waals surface area contributed by atoms with Crippen molar-refractivity contribution in [3.05, 3.63) is 23.8 Å². The molecule has 98 valence electrons. The second kappa shape index (κ2) is 5.53. The van der Waals surface area contributed by atoms with E-state index in [0.29, 0.717) is 17.8 Å². The number of hydrogen-bond donors (Lipinski definition) is 2. The van der Waals surface area contributed by atoms with Gasteiger partial charge in [-0.15, -0.1) is 0 Å². The van der Waals surface area contributed by atoms with Gasteiger partial charge in [-0.25, -0.2) is 4.79 Å². The molecule has 0 aliphatic carbocycles. The summed E-state index contributed by atoms with van der Waals surface area (Å²) in [7, 11) is 1.57. The number of amides is 1. The lowest BCUT2D eigenvalue weighted by atomic mass is 10.1. The molecule has 1 amide bonds. The van der Waals surface area contributed by atoms with Crippen LogP contribution in [0.25, 0.3) is 0 Å². The van der Waals surface area contributed by atoms with E-state index in [1.807, 2.05) is 13.8 Å². The highest BCUT2D eigenvalue weighted by Gasteiger charge is 2.19. The molecule has 0 aromatic heterocycles. The maximum atomic E-state index is 11.9. The van der Waals surface area contributed by atoms with Crippen molar-refractivity contribution in [3.63, 3.8) is 0 Å². The lowest BCUT2D eigenvalue weighted by molar-refractivity contribution is -0.119. The number of rotatable bonds is 4. The first-order valence-corrected chi connectivity index (χ1v) is 5.72. The summed E-state index contributed by atoms with van der Waals surface area (Å²) in [4.78, 5) is 24.4. The molecule has 5 nitrogen and oxygen atoms in total. The summed E-state index contributed by atoms with van der Waals surface area (Å²) in [5.41, 5.74) is 6.32. The summed E-state index contributed by atoms with van der Waals surface area (Å²) in [6.45, 7) is 3.87. The lowest BCUT2D eigenvalue weighted by Gasteiger charge is -2.20. The Bertz CT molecular complexity index is 469. The van der Waals surface area contributed by atoms with Crippen LogP contribution in [0.4, 0.5) is 11.4 Å². The number of carbonyl (C=O) groups is 2. The van der Waals surface area contributed by atoms with Crippen molar-refractivity contribution in [2.75, 3.05) is 17.7 Å². The van der Waals surface area contributed by atoms with Crippen LogP contribution in [0.15, 0.2) is 18.2 Å². The molecule has 18 heavy (non-hydrogen) atoms. The zero-order chi connectivity index (χ0) is 13.9. The van der Waals surface area contributed by atoms with E-state index in [2.05, 4.69) is 0 Å². The first-order valence-electron chi connectivity index (χ1n) is 5.72. The minimum absolute atomic E-state index is 0.0367. The third-order valence-electron chi connectivity index (χ3n) is 2.57. The largest absolute Gasteiger partial charge is 0.478 e. The molecule has 5 heteroatoms. The third-order valence-corrected chi connectivity index (χ3v) is 2.57. The molecule has 1 rings (SSSR count). The molecule has 0 unspecified atom stereocenters. The van der Waals surface area contributed by atoms with Crippen molar-refractivity contribution in [2.45, 2.75) is 20.3 Å². The van der Waals surface area contributed by atoms with Crippen molar-refractivity contribution in [1.29, 1.82) is 0 Å². The van der Waals surface area contributed by atoms with Crippen molar-refractivity contribution < 1.29 is 14.7 Å². The molecule has 0 aliphatic heterocycles. The highest BCUT2D eigenvalue weighted by Crippen LogP contribution is 2.23. The molecule has 0 saturated heterocycles. The van der Waals surface area contributed by atoms with Gasteiger partial charge in [-0.3, -0.25) is 4.79 Å². The third kappa shape index (κ3) is 3.23. The Labute approximate surface area is 106 Å². The first kappa shape index (κ1) is 14.0. The smallest absolute Gasteiger partial charge is 0.337 e. The Morgan fingerprint density at radius 1 is 1.39 bits per heavy atom. The van der Waals surface area contributed by atoms with E-state index in [4.69, 9.17) is 10.8 Å². The fraction of sp³-hybridized carbons (Fsp3) is 0.385. The van der Waals surface area contributed by atoms with Crippen LogP contribution in [-0.4, -0.2) is 24.0 Å². The molecular weight excluding hydrogens is 232 g/mol. The standard InChI is InChI=1S/C13H18N2O3/c1-8(2)6-12(16)15(3)11-5-4-9(14)7-10(11)13(17)18/h4-5,7-8H,6,14H2,1-3H3,(H,17,18). The summed E-state index contributed by atoms with van der Waals surface area (Å²) in [6, 6.07) is 4.49. The number of nitrogen functional groups attached to an aromatic ring is 1. The maximum absolute atomic E-state index is 11.9. The van der Waals surface area contributed by atoms with E-state index in [9.17, 15) is 9.59 Å². The highest BCUT2D eigenvalue weighted by atomic mass is 16.4. The van der Waals surface area contributed by atoms with Gasteiger partial charge in [0.25, 0.3) is 0 Å². The van der Waals surface area contributed by atoms with Gasteiger partial charge in [0.2, 0.25) is 5.91 Å². The molecular formula is C13H18N2O3. The second-order valence-corrected chi connectivity index (χ2v) is 4.63. The molecule has 0 radical (unpaired) electrons. The van der Waals surface area contributed by atoms with Crippen LogP contribution in [0, 0.1) is 5.92 Å². The van der Waals surface area contributed by atoms with Gasteiger partial charge < -0.3 is 15.7 Å². The van der Waals surface area contributed by atoms with Gasteiger partial charge in [-0.05, 0) is 24.1 Å². The summed E-state index contributed by atoms with van der Waals surface area (Å²) in [6.07, 6.45) is 0.375. The van der Waals surface area contributed by atoms with Crippen LogP contribution in [0.2, 0.25) is 0 Å². The van der Waals surface area contributed by atoms with Crippen molar-refractivity contribution in [2.24, 2.45) is 5.92 Å². The van der Waals surface area contributed by atoms with Gasteiger partial charge in [-0.1, -0.05) is 13.8 Å². The molecule has 0 heterocycles. The van der Waals surface area contributed by atoms with Crippen LogP contribution < -0.4 is 10.6 Å². The summed E-state index contributed by atoms with van der Waals surface area (Å²) in [5.74, 6) is -0.985. The van der Waals surface area contributed by atoms with Gasteiger partial charge in [-0.2, -0.15) is 0 Å². The topological polar surface area (TPSA) is 83.6 Å². The Kier molecular flexibility index (Phi) is 4.31. The zero-order valence-electron chi connectivity index (χ0n) is 10.8. The number of anilines is 2. The summed E-state index contributed by atoms with van der Waals surface area (Å²) >= 11 is 0. The van der Waals surface area contributed by atoms with Crippen LogP contribution >= 0.6 is 0 Å². The molecule has 1 aromatic carbocycles. The van der Waals surface area contributed by atoms with Gasteiger partial charge in [0.15, 0.2) is 0 Å². The van der Waals surface area contributed by atoms with Crippen LogP contribution in [0.3, 0.4) is 0 Å².